The van der Waals surface area contributed by atoms with Crippen LogP contribution in [-0.2, 0) is 6.42 Å². The van der Waals surface area contributed by atoms with Gasteiger partial charge in [0.15, 0.2) is 17.3 Å². The number of carbonyl (C=O) groups excluding carboxylic acids is 1. The third-order valence-corrected chi connectivity index (χ3v) is 5.59. The molecule has 3 aromatic carbocycles. The molecule has 3 aromatic rings. The highest BCUT2D eigenvalue weighted by Crippen LogP contribution is 2.39. The molecule has 7 heteroatoms. The molecule has 182 valence electrons. The third-order valence-electron chi connectivity index (χ3n) is 5.29. The summed E-state index contributed by atoms with van der Waals surface area (Å²) in [6, 6.07) is 12.8. The normalized spacial score (nSPS) is 11.1. The summed E-state index contributed by atoms with van der Waals surface area (Å²) in [7, 11) is 6.22. The maximum Gasteiger partial charge on any atom is 0.203 e. The summed E-state index contributed by atoms with van der Waals surface area (Å²) in [5.41, 5.74) is 3.00. The van der Waals surface area contributed by atoms with Crippen LogP contribution in [0.5, 0.6) is 23.0 Å². The fourth-order valence-corrected chi connectivity index (χ4v) is 3.74. The number of ketones is 1. The first-order chi connectivity index (χ1) is 16.9. The number of hydrogen-bond acceptors (Lipinski definition) is 5. The molecule has 0 aliphatic carbocycles. The van der Waals surface area contributed by atoms with Crippen molar-refractivity contribution < 1.29 is 28.1 Å². The van der Waals surface area contributed by atoms with Crippen molar-refractivity contribution in [3.8, 4) is 23.0 Å². The SMILES string of the molecule is COc1cc(C/C=C\C(=O)c2ccc(F)cc2)c(/C=C\c2cc(OC)c(OC)c(OC)c2)cc1Cl. The molecule has 0 radical (unpaired) electrons. The molecule has 0 unspecified atom stereocenters. The second-order valence-electron chi connectivity index (χ2n) is 7.46. The maximum absolute atomic E-state index is 13.1. The summed E-state index contributed by atoms with van der Waals surface area (Å²) >= 11 is 6.38. The van der Waals surface area contributed by atoms with E-state index >= 15 is 0 Å². The van der Waals surface area contributed by atoms with Crippen LogP contribution in [0.3, 0.4) is 0 Å². The molecular formula is C28H26ClFO5. The first-order valence-electron chi connectivity index (χ1n) is 10.7. The minimum Gasteiger partial charge on any atom is -0.495 e. The summed E-state index contributed by atoms with van der Waals surface area (Å²) in [6.45, 7) is 0. The van der Waals surface area contributed by atoms with Gasteiger partial charge in [0.25, 0.3) is 0 Å². The lowest BCUT2D eigenvalue weighted by Crippen LogP contribution is -1.96. The molecule has 5 nitrogen and oxygen atoms in total. The van der Waals surface area contributed by atoms with Crippen molar-refractivity contribution in [1.82, 2.24) is 0 Å². The number of halogens is 2. The van der Waals surface area contributed by atoms with Crippen LogP contribution in [0.25, 0.3) is 12.2 Å². The van der Waals surface area contributed by atoms with E-state index < -0.39 is 0 Å². The van der Waals surface area contributed by atoms with Crippen LogP contribution in [0.1, 0.15) is 27.0 Å². The minimum absolute atomic E-state index is 0.208. The Morgan fingerprint density at radius 3 is 2.06 bits per heavy atom. The number of benzene rings is 3. The van der Waals surface area contributed by atoms with Gasteiger partial charge in [0.2, 0.25) is 5.75 Å². The van der Waals surface area contributed by atoms with E-state index in [1.54, 1.807) is 40.6 Å². The number of rotatable bonds is 10. The van der Waals surface area contributed by atoms with Crippen molar-refractivity contribution in [3.63, 3.8) is 0 Å². The summed E-state index contributed by atoms with van der Waals surface area (Å²) in [5.74, 6) is 1.53. The average Bonchev–Trinajstić information content (AvgIpc) is 2.87. The van der Waals surface area contributed by atoms with E-state index in [2.05, 4.69) is 0 Å². The maximum atomic E-state index is 13.1. The molecule has 0 amide bonds. The van der Waals surface area contributed by atoms with Crippen LogP contribution in [-0.4, -0.2) is 34.2 Å². The molecule has 0 spiro atoms. The topological polar surface area (TPSA) is 54.0 Å². The van der Waals surface area contributed by atoms with Crippen molar-refractivity contribution in [2.75, 3.05) is 28.4 Å². The van der Waals surface area contributed by atoms with Crippen LogP contribution < -0.4 is 18.9 Å². The number of hydrogen-bond donors (Lipinski definition) is 0. The largest absolute Gasteiger partial charge is 0.495 e. The monoisotopic (exact) mass is 496 g/mol. The van der Waals surface area contributed by atoms with Gasteiger partial charge in [0.1, 0.15) is 11.6 Å². The zero-order valence-corrected chi connectivity index (χ0v) is 20.7. The molecule has 0 aromatic heterocycles. The second-order valence-corrected chi connectivity index (χ2v) is 7.86. The van der Waals surface area contributed by atoms with E-state index in [-0.39, 0.29) is 11.6 Å². The van der Waals surface area contributed by atoms with Crippen molar-refractivity contribution in [2.24, 2.45) is 0 Å². The van der Waals surface area contributed by atoms with Gasteiger partial charge in [-0.25, -0.2) is 4.39 Å². The Morgan fingerprint density at radius 2 is 1.49 bits per heavy atom. The molecule has 0 bridgehead atoms. The molecule has 3 rings (SSSR count). The lowest BCUT2D eigenvalue weighted by atomic mass is 10.0. The molecule has 0 fully saturated rings. The van der Waals surface area contributed by atoms with Crippen LogP contribution in [0.2, 0.25) is 5.02 Å². The van der Waals surface area contributed by atoms with Crippen LogP contribution in [0, 0.1) is 5.82 Å². The molecule has 0 aliphatic rings. The Labute approximate surface area is 209 Å². The average molecular weight is 497 g/mol. The predicted molar refractivity (Wildman–Crippen MR) is 137 cm³/mol. The van der Waals surface area contributed by atoms with Gasteiger partial charge < -0.3 is 18.9 Å². The molecule has 0 N–H and O–H groups in total. The van der Waals surface area contributed by atoms with Gasteiger partial charge in [-0.15, -0.1) is 0 Å². The third kappa shape index (κ3) is 6.43. The highest BCUT2D eigenvalue weighted by Gasteiger charge is 2.13. The standard InChI is InChI=1S/C28H26ClFO5/c1-32-25-17-20(6-5-7-24(31)19-10-12-22(30)13-11-19)21(16-23(25)29)9-8-18-14-26(33-2)28(35-4)27(15-18)34-3/h5,7-17H,6H2,1-4H3/b7-5-,9-8-. The summed E-state index contributed by atoms with van der Waals surface area (Å²) in [5, 5.41) is 0.465. The number of carbonyl (C=O) groups is 1. The van der Waals surface area contributed by atoms with Crippen LogP contribution in [0.4, 0.5) is 4.39 Å². The van der Waals surface area contributed by atoms with Crippen molar-refractivity contribution in [2.45, 2.75) is 6.42 Å². The summed E-state index contributed by atoms with van der Waals surface area (Å²) in [4.78, 5) is 12.4. The highest BCUT2D eigenvalue weighted by molar-refractivity contribution is 6.32. The molecule has 0 saturated carbocycles. The van der Waals surface area contributed by atoms with E-state index in [9.17, 15) is 9.18 Å². The Morgan fingerprint density at radius 1 is 0.857 bits per heavy atom. The summed E-state index contributed by atoms with van der Waals surface area (Å²) < 4.78 is 34.7. The molecule has 35 heavy (non-hydrogen) atoms. The fourth-order valence-electron chi connectivity index (χ4n) is 3.49. The lowest BCUT2D eigenvalue weighted by Gasteiger charge is -2.13. The fraction of sp³-hybridized carbons (Fsp3) is 0.179. The van der Waals surface area contributed by atoms with Gasteiger partial charge in [0.05, 0.1) is 33.5 Å². The van der Waals surface area contributed by atoms with E-state index in [1.165, 1.54) is 30.3 Å². The predicted octanol–water partition coefficient (Wildman–Crippen LogP) is 6.67. The molecule has 0 atom stereocenters. The van der Waals surface area contributed by atoms with E-state index in [1.807, 2.05) is 30.4 Å². The van der Waals surface area contributed by atoms with Crippen molar-refractivity contribution in [3.05, 3.63) is 93.8 Å². The van der Waals surface area contributed by atoms with Crippen molar-refractivity contribution in [1.29, 1.82) is 0 Å². The Kier molecular flexibility index (Phi) is 8.92. The zero-order chi connectivity index (χ0) is 25.4. The minimum atomic E-state index is -0.387. The van der Waals surface area contributed by atoms with Gasteiger partial charge in [-0.2, -0.15) is 0 Å². The first kappa shape index (κ1) is 25.8. The number of ether oxygens (including phenoxy) is 4. The second kappa shape index (κ2) is 12.1. The van der Waals surface area contributed by atoms with Crippen LogP contribution >= 0.6 is 11.6 Å². The molecule has 0 aliphatic heterocycles. The lowest BCUT2D eigenvalue weighted by molar-refractivity contribution is 0.104. The molecular weight excluding hydrogens is 471 g/mol. The summed E-state index contributed by atoms with van der Waals surface area (Å²) in [6.07, 6.45) is 7.50. The first-order valence-corrected chi connectivity index (χ1v) is 11.1. The highest BCUT2D eigenvalue weighted by atomic mass is 35.5. The van der Waals surface area contributed by atoms with E-state index in [0.29, 0.717) is 40.0 Å². The van der Waals surface area contributed by atoms with Gasteiger partial charge in [0, 0.05) is 5.56 Å². The van der Waals surface area contributed by atoms with Gasteiger partial charge in [-0.05, 0) is 77.7 Å². The molecule has 0 heterocycles. The van der Waals surface area contributed by atoms with Gasteiger partial charge >= 0.3 is 0 Å². The number of allylic oxidation sites excluding steroid dienone is 2. The Balaban J connectivity index is 1.90. The van der Waals surface area contributed by atoms with Gasteiger partial charge in [-0.1, -0.05) is 29.8 Å². The van der Waals surface area contributed by atoms with Crippen molar-refractivity contribution >= 4 is 29.5 Å². The van der Waals surface area contributed by atoms with Gasteiger partial charge in [-0.3, -0.25) is 4.79 Å². The van der Waals surface area contributed by atoms with E-state index in [0.717, 1.165) is 16.7 Å². The van der Waals surface area contributed by atoms with E-state index in [4.69, 9.17) is 30.5 Å². The van der Waals surface area contributed by atoms with Crippen LogP contribution in [0.15, 0.2) is 60.7 Å². The quantitative estimate of drug-likeness (QED) is 0.178. The Bertz CT molecular complexity index is 1220. The number of methoxy groups -OCH3 is 4. The zero-order valence-electron chi connectivity index (χ0n) is 19.9. The smallest absolute Gasteiger partial charge is 0.203 e. The molecule has 0 saturated heterocycles. The Hall–Kier alpha value is -3.77.